The second-order valence-corrected chi connectivity index (χ2v) is 3.93. The minimum absolute atomic E-state index is 0.168. The fraction of sp³-hybridized carbons (Fsp3) is 0.167. The van der Waals surface area contributed by atoms with Crippen molar-refractivity contribution in [3.8, 4) is 0 Å². The Labute approximate surface area is 88.9 Å². The molecule has 0 radical (unpaired) electrons. The van der Waals surface area contributed by atoms with E-state index in [0.29, 0.717) is 0 Å². The van der Waals surface area contributed by atoms with Gasteiger partial charge in [0.2, 0.25) is 11.3 Å². The van der Waals surface area contributed by atoms with Crippen LogP contribution in [0, 0.1) is 0 Å². The first kappa shape index (κ1) is 9.63. The Morgan fingerprint density at radius 2 is 1.12 bits per heavy atom. The van der Waals surface area contributed by atoms with Gasteiger partial charge in [-0.25, -0.2) is 17.6 Å². The molecule has 0 nitrogen and oxygen atoms in total. The van der Waals surface area contributed by atoms with Gasteiger partial charge in [0.05, 0.1) is 0 Å². The first-order valence-electron chi connectivity index (χ1n) is 4.74. The molecular weight excluding hydrogens is 220 g/mol. The lowest BCUT2D eigenvalue weighted by molar-refractivity contribution is 0.136. The summed E-state index contributed by atoms with van der Waals surface area (Å²) in [4.78, 5) is 0. The minimum atomic E-state index is -2.66. The average molecular weight is 226 g/mol. The van der Waals surface area contributed by atoms with Crippen molar-refractivity contribution < 1.29 is 17.6 Å². The number of benzene rings is 1. The predicted molar refractivity (Wildman–Crippen MR) is 50.4 cm³/mol. The third-order valence-electron chi connectivity index (χ3n) is 3.09. The Morgan fingerprint density at radius 3 is 1.50 bits per heavy atom. The Bertz CT molecular complexity index is 499. The second-order valence-electron chi connectivity index (χ2n) is 3.93. The lowest BCUT2D eigenvalue weighted by atomic mass is 9.71. The van der Waals surface area contributed by atoms with E-state index in [9.17, 15) is 17.6 Å². The van der Waals surface area contributed by atoms with Gasteiger partial charge < -0.3 is 0 Å². The molecule has 0 aromatic heterocycles. The summed E-state index contributed by atoms with van der Waals surface area (Å²) in [5.41, 5.74) is -5.65. The van der Waals surface area contributed by atoms with Crippen LogP contribution < -0.4 is 0 Å². The summed E-state index contributed by atoms with van der Waals surface area (Å²) in [6.07, 6.45) is 1.46. The van der Waals surface area contributed by atoms with Crippen molar-refractivity contribution in [2.24, 2.45) is 0 Å². The van der Waals surface area contributed by atoms with Gasteiger partial charge in [0, 0.05) is 11.1 Å². The van der Waals surface area contributed by atoms with Gasteiger partial charge in [-0.2, -0.15) is 0 Å². The quantitative estimate of drug-likeness (QED) is 0.467. The first-order valence-corrected chi connectivity index (χ1v) is 4.74. The number of halogens is 4. The molecule has 16 heavy (non-hydrogen) atoms. The van der Waals surface area contributed by atoms with E-state index in [1.807, 2.05) is 0 Å². The highest BCUT2D eigenvalue weighted by molar-refractivity contribution is 5.58. The van der Waals surface area contributed by atoms with E-state index in [1.54, 1.807) is 0 Å². The molecule has 3 aliphatic carbocycles. The van der Waals surface area contributed by atoms with Gasteiger partial charge in [0.15, 0.2) is 11.7 Å². The lowest BCUT2D eigenvalue weighted by Gasteiger charge is -2.39. The van der Waals surface area contributed by atoms with Gasteiger partial charge in [0.1, 0.15) is 0 Å². The molecule has 0 amide bonds. The summed E-state index contributed by atoms with van der Waals surface area (Å²) >= 11 is 0. The van der Waals surface area contributed by atoms with Crippen LogP contribution >= 0.6 is 0 Å². The van der Waals surface area contributed by atoms with E-state index >= 15 is 0 Å². The molecule has 3 aliphatic rings. The topological polar surface area (TPSA) is 0 Å². The number of allylic oxidation sites excluding steroid dienone is 4. The number of hydrogen-bond donors (Lipinski definition) is 0. The third kappa shape index (κ3) is 0.821. The molecule has 4 rings (SSSR count). The van der Waals surface area contributed by atoms with Crippen LogP contribution in [0.15, 0.2) is 48.1 Å². The van der Waals surface area contributed by atoms with E-state index in [1.165, 1.54) is 24.3 Å². The summed E-state index contributed by atoms with van der Waals surface area (Å²) in [6.45, 7) is 0. The maximum Gasteiger partial charge on any atom is 0.208 e. The van der Waals surface area contributed by atoms with Crippen molar-refractivity contribution in [1.82, 2.24) is 0 Å². The van der Waals surface area contributed by atoms with Crippen LogP contribution in [0.25, 0.3) is 0 Å². The van der Waals surface area contributed by atoms with E-state index < -0.39 is 23.0 Å². The van der Waals surface area contributed by atoms with Crippen LogP contribution in [0.1, 0.15) is 11.1 Å². The molecule has 0 N–H and O–H groups in total. The highest BCUT2D eigenvalue weighted by Crippen LogP contribution is 2.57. The number of alkyl halides is 2. The zero-order chi connectivity index (χ0) is 11.6. The largest absolute Gasteiger partial charge is 0.226 e. The zero-order valence-corrected chi connectivity index (χ0v) is 7.98. The molecule has 0 spiro atoms. The molecule has 0 saturated heterocycles. The Kier molecular flexibility index (Phi) is 1.54. The maximum absolute atomic E-state index is 14.2. The van der Waals surface area contributed by atoms with Crippen molar-refractivity contribution in [1.29, 1.82) is 0 Å². The van der Waals surface area contributed by atoms with Crippen molar-refractivity contribution in [2.75, 3.05) is 0 Å². The molecule has 0 aliphatic heterocycles. The minimum Gasteiger partial charge on any atom is -0.226 e. The van der Waals surface area contributed by atoms with E-state index in [-0.39, 0.29) is 11.1 Å². The molecule has 1 aromatic carbocycles. The molecule has 2 bridgehead atoms. The summed E-state index contributed by atoms with van der Waals surface area (Å²) in [7, 11) is 0. The third-order valence-corrected chi connectivity index (χ3v) is 3.09. The molecule has 82 valence electrons. The van der Waals surface area contributed by atoms with Crippen LogP contribution in [-0.4, -0.2) is 0 Å². The maximum atomic E-state index is 14.2. The van der Waals surface area contributed by atoms with Crippen molar-refractivity contribution in [2.45, 2.75) is 11.3 Å². The molecule has 0 heterocycles. The fourth-order valence-corrected chi connectivity index (χ4v) is 2.23. The molecule has 0 saturated carbocycles. The fourth-order valence-electron chi connectivity index (χ4n) is 2.23. The zero-order valence-electron chi connectivity index (χ0n) is 7.98. The highest BCUT2D eigenvalue weighted by Gasteiger charge is 2.57. The Hall–Kier alpha value is -1.58. The monoisotopic (exact) mass is 226 g/mol. The molecular formula is C12H6F4. The Balaban J connectivity index is 2.43. The first-order chi connectivity index (χ1) is 7.50. The predicted octanol–water partition coefficient (Wildman–Crippen LogP) is 3.75. The van der Waals surface area contributed by atoms with Gasteiger partial charge in [-0.3, -0.25) is 0 Å². The lowest BCUT2D eigenvalue weighted by Crippen LogP contribution is -2.39. The molecule has 0 fully saturated rings. The number of rotatable bonds is 0. The summed E-state index contributed by atoms with van der Waals surface area (Å²) < 4.78 is 55.3. The van der Waals surface area contributed by atoms with E-state index in [2.05, 4.69) is 0 Å². The molecule has 4 heteroatoms. The van der Waals surface area contributed by atoms with E-state index in [0.717, 1.165) is 12.2 Å². The van der Waals surface area contributed by atoms with Crippen molar-refractivity contribution in [3.63, 3.8) is 0 Å². The highest BCUT2D eigenvalue weighted by atomic mass is 19.2. The van der Waals surface area contributed by atoms with E-state index in [4.69, 9.17) is 0 Å². The summed E-state index contributed by atoms with van der Waals surface area (Å²) in [6, 6.07) is 5.45. The Morgan fingerprint density at radius 1 is 0.750 bits per heavy atom. The molecule has 2 atom stereocenters. The summed E-state index contributed by atoms with van der Waals surface area (Å²) in [5.74, 6) is -3.37. The number of hydrogen-bond acceptors (Lipinski definition) is 0. The normalized spacial score (nSPS) is 35.5. The van der Waals surface area contributed by atoms with Crippen LogP contribution in [0.4, 0.5) is 17.6 Å². The van der Waals surface area contributed by atoms with Gasteiger partial charge in [-0.05, 0) is 12.2 Å². The van der Waals surface area contributed by atoms with Crippen molar-refractivity contribution >= 4 is 0 Å². The van der Waals surface area contributed by atoms with Gasteiger partial charge >= 0.3 is 0 Å². The smallest absolute Gasteiger partial charge is 0.208 e. The van der Waals surface area contributed by atoms with Gasteiger partial charge in [-0.1, -0.05) is 24.3 Å². The second kappa shape index (κ2) is 2.56. The van der Waals surface area contributed by atoms with Gasteiger partial charge in [-0.15, -0.1) is 0 Å². The standard InChI is InChI=1S/C12H6F4/c13-9-10(14)12(16)6-5-11(9,15)7-3-1-2-4-8(7)12/h1-6H. The molecule has 1 aromatic rings. The van der Waals surface area contributed by atoms with Crippen LogP contribution in [-0.2, 0) is 11.3 Å². The van der Waals surface area contributed by atoms with Crippen LogP contribution in [0.5, 0.6) is 0 Å². The van der Waals surface area contributed by atoms with Crippen LogP contribution in [0.2, 0.25) is 0 Å². The summed E-state index contributed by atoms with van der Waals surface area (Å²) in [5, 5.41) is 0. The van der Waals surface area contributed by atoms with Gasteiger partial charge in [0.25, 0.3) is 0 Å². The van der Waals surface area contributed by atoms with Crippen LogP contribution in [0.3, 0.4) is 0 Å². The molecule has 2 unspecified atom stereocenters. The average Bonchev–Trinajstić information content (AvgIpc) is 2.31. The SMILES string of the molecule is FC1=C(F)C2(F)C=CC1(F)c1ccccc12. The van der Waals surface area contributed by atoms with Crippen molar-refractivity contribution in [3.05, 3.63) is 59.2 Å².